The van der Waals surface area contributed by atoms with E-state index in [0.29, 0.717) is 5.75 Å². The largest absolute Gasteiger partial charge is 0.481 e. The van der Waals surface area contributed by atoms with E-state index >= 15 is 0 Å². The second kappa shape index (κ2) is 18.8. The highest BCUT2D eigenvalue weighted by molar-refractivity contribution is 7.95. The van der Waals surface area contributed by atoms with Crippen molar-refractivity contribution >= 4 is 70.3 Å². The number of carbonyl (C=O) groups is 3. The third-order valence-corrected chi connectivity index (χ3v) is 10.8. The monoisotopic (exact) mass is 839 g/mol. The lowest BCUT2D eigenvalue weighted by Crippen LogP contribution is -2.46. The molecule has 0 aromatic carbocycles. The Hall–Kier alpha value is -2.64. The predicted octanol–water partition coefficient (Wildman–Crippen LogP) is -0.994. The number of ether oxygens (including phenoxy) is 1. The number of amides is 2. The molecule has 7 atom stereocenters. The molecule has 300 valence electrons. The van der Waals surface area contributed by atoms with E-state index in [1.54, 1.807) is 6.92 Å². The van der Waals surface area contributed by atoms with Gasteiger partial charge >= 0.3 is 29.4 Å². The summed E-state index contributed by atoms with van der Waals surface area (Å²) in [6.07, 6.45) is -6.72. The van der Waals surface area contributed by atoms with Gasteiger partial charge in [-0.15, -0.1) is 0 Å². The number of aliphatic hydroxyl groups is 2. The number of phosphoric acid groups is 3. The maximum absolute atomic E-state index is 12.6. The highest BCUT2D eigenvalue weighted by atomic mass is 32.2. The quantitative estimate of drug-likeness (QED) is 0.0414. The number of hydrogen-bond donors (Lipinski definition) is 9. The van der Waals surface area contributed by atoms with E-state index in [9.17, 15) is 57.9 Å². The van der Waals surface area contributed by atoms with Crippen molar-refractivity contribution in [3.05, 3.63) is 12.7 Å². The molecule has 0 bridgehead atoms. The van der Waals surface area contributed by atoms with Gasteiger partial charge in [0.1, 0.15) is 36.3 Å². The number of nitrogens with one attached hydrogen (secondary N) is 2. The molecular weight excluding hydrogens is 799 g/mol. The topological polar surface area (TPSA) is 373 Å². The van der Waals surface area contributed by atoms with E-state index in [0.717, 1.165) is 29.3 Å². The van der Waals surface area contributed by atoms with Gasteiger partial charge in [0, 0.05) is 37.1 Å². The van der Waals surface area contributed by atoms with E-state index in [1.165, 1.54) is 13.8 Å². The fourth-order valence-electron chi connectivity index (χ4n) is 4.34. The Kier molecular flexibility index (Phi) is 15.9. The van der Waals surface area contributed by atoms with Gasteiger partial charge in [-0.1, -0.05) is 20.8 Å². The summed E-state index contributed by atoms with van der Waals surface area (Å²) in [7, 11) is -16.4. The molecule has 3 heterocycles. The number of anilines is 1. The van der Waals surface area contributed by atoms with Gasteiger partial charge in [-0.3, -0.25) is 32.5 Å². The van der Waals surface area contributed by atoms with Crippen LogP contribution in [0.3, 0.4) is 0 Å². The molecule has 1 aliphatic heterocycles. The first kappa shape index (κ1) is 44.8. The number of aromatic nitrogens is 4. The number of rotatable bonds is 21. The third-order valence-electron chi connectivity index (χ3n) is 7.03. The molecule has 1 fully saturated rings. The van der Waals surface area contributed by atoms with E-state index in [2.05, 4.69) is 34.4 Å². The van der Waals surface area contributed by atoms with Crippen LogP contribution in [0.15, 0.2) is 12.7 Å². The zero-order chi connectivity index (χ0) is 39.8. The van der Waals surface area contributed by atoms with Crippen molar-refractivity contribution in [2.75, 3.05) is 37.8 Å². The number of imidazole rings is 1. The van der Waals surface area contributed by atoms with Gasteiger partial charge in [-0.25, -0.2) is 28.6 Å². The Labute approximate surface area is 304 Å². The lowest BCUT2D eigenvalue weighted by Gasteiger charge is -2.30. The van der Waals surface area contributed by atoms with Crippen LogP contribution in [0, 0.1) is 5.41 Å². The van der Waals surface area contributed by atoms with Gasteiger partial charge in [-0.2, -0.15) is 4.31 Å². The average molecular weight is 840 g/mol. The van der Waals surface area contributed by atoms with E-state index in [4.69, 9.17) is 23.7 Å². The molecule has 3 rings (SSSR count). The number of nitrogens with two attached hydrogens (primary N) is 1. The number of fused-ring (bicyclic) bond motifs is 1. The summed E-state index contributed by atoms with van der Waals surface area (Å²) in [5.74, 6) is -1.60. The molecule has 0 saturated carbocycles. The predicted molar refractivity (Wildman–Crippen MR) is 178 cm³/mol. The van der Waals surface area contributed by atoms with Crippen molar-refractivity contribution in [3.8, 4) is 0 Å². The summed E-state index contributed by atoms with van der Waals surface area (Å²) < 4.78 is 66.7. The van der Waals surface area contributed by atoms with Gasteiger partial charge in [-0.05, 0) is 0 Å². The normalized spacial score (nSPS) is 22.1. The van der Waals surface area contributed by atoms with Gasteiger partial charge in [0.25, 0.3) is 0 Å². The van der Waals surface area contributed by atoms with Crippen LogP contribution < -0.4 is 16.4 Å². The lowest BCUT2D eigenvalue weighted by atomic mass is 9.87. The smallest absolute Gasteiger partial charge is 0.391 e. The molecule has 1 aliphatic rings. The Morgan fingerprint density at radius 2 is 1.75 bits per heavy atom. The Bertz CT molecular complexity index is 1750. The van der Waals surface area contributed by atoms with Crippen molar-refractivity contribution in [2.24, 2.45) is 5.41 Å². The molecule has 1 saturated heterocycles. The highest BCUT2D eigenvalue weighted by Gasteiger charge is 2.50. The first-order valence-corrected chi connectivity index (χ1v) is 20.7. The Morgan fingerprint density at radius 3 is 2.42 bits per heavy atom. The number of phosphoric ester groups is 3. The number of nitrogen functional groups attached to an aromatic ring is 1. The third kappa shape index (κ3) is 13.6. The van der Waals surface area contributed by atoms with Crippen molar-refractivity contribution in [3.63, 3.8) is 0 Å². The van der Waals surface area contributed by atoms with E-state index < -0.39 is 90.5 Å². The van der Waals surface area contributed by atoms with Gasteiger partial charge in [0.05, 0.1) is 31.6 Å². The van der Waals surface area contributed by atoms with Crippen LogP contribution in [0.25, 0.3) is 11.2 Å². The number of nitrogens with zero attached hydrogens (tertiary/aromatic N) is 4. The first-order chi connectivity index (χ1) is 24.6. The fraction of sp³-hybridized carbons (Fsp3) is 0.667. The number of hydrogen-bond acceptors (Lipinski definition) is 19. The number of carbonyl (C=O) groups excluding carboxylic acids is 3. The number of aliphatic hydroxyl groups excluding tert-OH is 2. The first-order valence-electron chi connectivity index (χ1n) is 15.3. The Balaban J connectivity index is 1.52. The molecule has 2 amide bonds. The minimum atomic E-state index is -5.57. The molecule has 29 heteroatoms. The standard InChI is InChI=1S/C24H40N7O18P3S/c1-4-15(33)48-53-8-7-26-14(32)5-6-27-22(36)19(35)24(2,3)10-45-52(42,43)49-51(40,41)44-9-13-18(47-50(37,38)39)17(34)23(46-13)31-12-30-16-20(25)28-11-29-21(16)31/h11-13,17-19,23,34-35H,4-10H2,1-3H3,(H,26,32)(H,27,36)(H,40,41)(H,42,43)(H2,25,28,29)(H2,37,38,39). The highest BCUT2D eigenvalue weighted by Crippen LogP contribution is 2.61. The molecule has 10 N–H and O–H groups in total. The van der Waals surface area contributed by atoms with Crippen LogP contribution >= 0.6 is 35.5 Å². The molecule has 0 radical (unpaired) electrons. The summed E-state index contributed by atoms with van der Waals surface area (Å²) in [6, 6.07) is 0. The lowest BCUT2D eigenvalue weighted by molar-refractivity contribution is -0.137. The van der Waals surface area contributed by atoms with Crippen LogP contribution in [-0.2, 0) is 54.9 Å². The maximum Gasteiger partial charge on any atom is 0.481 e. The van der Waals surface area contributed by atoms with E-state index in [1.807, 2.05) is 0 Å². The summed E-state index contributed by atoms with van der Waals surface area (Å²) in [5.41, 5.74) is 4.25. The van der Waals surface area contributed by atoms with Crippen molar-refractivity contribution in [1.29, 1.82) is 0 Å². The van der Waals surface area contributed by atoms with Crippen LogP contribution in [-0.4, -0.2) is 124 Å². The molecule has 0 aliphatic carbocycles. The molecule has 2 aromatic heterocycles. The summed E-state index contributed by atoms with van der Waals surface area (Å²) >= 11 is 0.869. The minimum Gasteiger partial charge on any atom is -0.391 e. The van der Waals surface area contributed by atoms with Crippen molar-refractivity contribution in [2.45, 2.75) is 64.3 Å². The summed E-state index contributed by atoms with van der Waals surface area (Å²) in [5, 5.41) is 26.2. The zero-order valence-electron chi connectivity index (χ0n) is 28.2. The van der Waals surface area contributed by atoms with Crippen molar-refractivity contribution < 1.29 is 84.7 Å². The molecular formula is C24H40N7O18P3S. The van der Waals surface area contributed by atoms with Gasteiger partial charge in [0.15, 0.2) is 17.7 Å². The van der Waals surface area contributed by atoms with Gasteiger partial charge < -0.3 is 55.1 Å². The summed E-state index contributed by atoms with van der Waals surface area (Å²) in [6.45, 7) is 2.07. The van der Waals surface area contributed by atoms with Gasteiger partial charge in [0.2, 0.25) is 11.8 Å². The summed E-state index contributed by atoms with van der Waals surface area (Å²) in [4.78, 5) is 86.3. The fourth-order valence-corrected chi connectivity index (χ4v) is 7.69. The molecule has 53 heavy (non-hydrogen) atoms. The van der Waals surface area contributed by atoms with Crippen LogP contribution in [0.4, 0.5) is 5.82 Å². The minimum absolute atomic E-state index is 0.0288. The molecule has 2 aromatic rings. The second-order valence-electron chi connectivity index (χ2n) is 11.7. The van der Waals surface area contributed by atoms with Crippen molar-refractivity contribution in [1.82, 2.24) is 30.2 Å². The van der Waals surface area contributed by atoms with Crippen LogP contribution in [0.1, 0.15) is 39.8 Å². The molecule has 7 unspecified atom stereocenters. The van der Waals surface area contributed by atoms with Crippen LogP contribution in [0.5, 0.6) is 0 Å². The average Bonchev–Trinajstić information content (AvgIpc) is 3.62. The zero-order valence-corrected chi connectivity index (χ0v) is 31.7. The maximum atomic E-state index is 12.6. The SMILES string of the molecule is CCC(=O)OSCCNC(=O)CCNC(=O)C(O)C(C)(C)COP(=O)(O)OP(=O)(O)OCC1OC(n2cnc3c(N)ncnc32)C(O)C1OP(=O)(O)O. The molecule has 25 nitrogen and oxygen atoms in total. The Morgan fingerprint density at radius 1 is 1.08 bits per heavy atom. The van der Waals surface area contributed by atoms with Crippen LogP contribution in [0.2, 0.25) is 0 Å². The second-order valence-corrected chi connectivity index (χ2v) is 16.7. The molecule has 0 spiro atoms. The van der Waals surface area contributed by atoms with E-state index in [-0.39, 0.29) is 42.9 Å².